The van der Waals surface area contributed by atoms with E-state index in [0.717, 1.165) is 47.5 Å². The van der Waals surface area contributed by atoms with Crippen molar-refractivity contribution < 1.29 is 4.79 Å². The summed E-state index contributed by atoms with van der Waals surface area (Å²) in [5.74, 6) is -0.0834. The molecular weight excluding hydrogens is 336 g/mol. The van der Waals surface area contributed by atoms with Gasteiger partial charge in [-0.1, -0.05) is 31.9 Å². The van der Waals surface area contributed by atoms with E-state index >= 15 is 0 Å². The Bertz CT molecular complexity index is 936. The lowest BCUT2D eigenvalue weighted by molar-refractivity contribution is 0.0945. The van der Waals surface area contributed by atoms with Crippen LogP contribution in [-0.2, 0) is 7.05 Å². The van der Waals surface area contributed by atoms with Gasteiger partial charge in [0, 0.05) is 19.8 Å². The first kappa shape index (κ1) is 19.0. The summed E-state index contributed by atoms with van der Waals surface area (Å²) >= 11 is 0. The van der Waals surface area contributed by atoms with Crippen LogP contribution in [0.3, 0.4) is 0 Å². The Morgan fingerprint density at radius 3 is 2.67 bits per heavy atom. The molecule has 3 aromatic rings. The third-order valence-corrected chi connectivity index (χ3v) is 4.81. The molecule has 0 radical (unpaired) electrons. The predicted octanol–water partition coefficient (Wildman–Crippen LogP) is 4.41. The number of benzene rings is 1. The Labute approximate surface area is 161 Å². The average Bonchev–Trinajstić information content (AvgIpc) is 3.26. The number of rotatable bonds is 7. The second kappa shape index (κ2) is 8.25. The van der Waals surface area contributed by atoms with Gasteiger partial charge in [0.25, 0.3) is 5.91 Å². The molecule has 1 N–H and O–H groups in total. The molecule has 1 amide bonds. The number of aromatic nitrogens is 3. The van der Waals surface area contributed by atoms with Gasteiger partial charge in [0.2, 0.25) is 0 Å². The second-order valence-corrected chi connectivity index (χ2v) is 7.08. The van der Waals surface area contributed by atoms with Gasteiger partial charge in [0.05, 0.1) is 11.4 Å². The van der Waals surface area contributed by atoms with Crippen LogP contribution in [0.4, 0.5) is 0 Å². The standard InChI is InChI=1S/C22H28N4O/c1-5-6-7-12-23-22(27)21-15-18(19-9-8-13-25(19)4)24-26(21)20-14-16(2)10-11-17(20)3/h8-11,13-15H,5-7,12H2,1-4H3,(H,23,27). The summed E-state index contributed by atoms with van der Waals surface area (Å²) in [6, 6.07) is 12.1. The number of unbranched alkanes of at least 4 members (excludes halogenated alkanes) is 2. The SMILES string of the molecule is CCCCCNC(=O)c1cc(-c2cccn2C)nn1-c1cc(C)ccc1C. The maximum Gasteiger partial charge on any atom is 0.270 e. The van der Waals surface area contributed by atoms with Crippen molar-refractivity contribution in [3.63, 3.8) is 0 Å². The van der Waals surface area contributed by atoms with Crippen LogP contribution >= 0.6 is 0 Å². The summed E-state index contributed by atoms with van der Waals surface area (Å²) in [4.78, 5) is 12.9. The van der Waals surface area contributed by atoms with E-state index in [4.69, 9.17) is 5.10 Å². The molecule has 27 heavy (non-hydrogen) atoms. The number of nitrogens with zero attached hydrogens (tertiary/aromatic N) is 3. The minimum atomic E-state index is -0.0834. The van der Waals surface area contributed by atoms with E-state index in [1.54, 1.807) is 4.68 Å². The van der Waals surface area contributed by atoms with Gasteiger partial charge in [0.15, 0.2) is 0 Å². The van der Waals surface area contributed by atoms with Crippen LogP contribution in [0.15, 0.2) is 42.6 Å². The van der Waals surface area contributed by atoms with Crippen molar-refractivity contribution >= 4 is 5.91 Å². The van der Waals surface area contributed by atoms with E-state index in [1.165, 1.54) is 0 Å². The van der Waals surface area contributed by atoms with E-state index in [0.29, 0.717) is 12.2 Å². The van der Waals surface area contributed by atoms with Crippen LogP contribution in [-0.4, -0.2) is 26.8 Å². The molecule has 0 unspecified atom stereocenters. The highest BCUT2D eigenvalue weighted by Gasteiger charge is 2.19. The van der Waals surface area contributed by atoms with Gasteiger partial charge >= 0.3 is 0 Å². The number of amides is 1. The predicted molar refractivity (Wildman–Crippen MR) is 109 cm³/mol. The molecule has 0 aliphatic carbocycles. The Kier molecular flexibility index (Phi) is 5.79. The Morgan fingerprint density at radius 2 is 1.96 bits per heavy atom. The minimum absolute atomic E-state index is 0.0834. The van der Waals surface area contributed by atoms with Crippen LogP contribution in [0, 0.1) is 13.8 Å². The lowest BCUT2D eigenvalue weighted by Crippen LogP contribution is -2.27. The van der Waals surface area contributed by atoms with E-state index in [-0.39, 0.29) is 5.91 Å². The summed E-state index contributed by atoms with van der Waals surface area (Å²) in [7, 11) is 1.98. The van der Waals surface area contributed by atoms with Crippen molar-refractivity contribution in [2.24, 2.45) is 7.05 Å². The third kappa shape index (κ3) is 4.13. The van der Waals surface area contributed by atoms with Gasteiger partial charge in [-0.3, -0.25) is 4.79 Å². The highest BCUT2D eigenvalue weighted by Crippen LogP contribution is 2.24. The molecule has 2 heterocycles. The van der Waals surface area contributed by atoms with Crippen molar-refractivity contribution in [3.8, 4) is 17.1 Å². The van der Waals surface area contributed by atoms with E-state index < -0.39 is 0 Å². The molecule has 3 rings (SSSR count). The number of hydrogen-bond donors (Lipinski definition) is 1. The normalized spacial score (nSPS) is 11.0. The molecule has 5 nitrogen and oxygen atoms in total. The summed E-state index contributed by atoms with van der Waals surface area (Å²) < 4.78 is 3.79. The number of hydrogen-bond acceptors (Lipinski definition) is 2. The van der Waals surface area contributed by atoms with Crippen LogP contribution in [0.1, 0.15) is 47.8 Å². The maximum absolute atomic E-state index is 12.9. The van der Waals surface area contributed by atoms with Crippen molar-refractivity contribution in [1.29, 1.82) is 0 Å². The largest absolute Gasteiger partial charge is 0.351 e. The summed E-state index contributed by atoms with van der Waals surface area (Å²) in [6.07, 6.45) is 5.22. The number of nitrogens with one attached hydrogen (secondary N) is 1. The molecule has 0 saturated heterocycles. The molecule has 2 aromatic heterocycles. The van der Waals surface area contributed by atoms with Crippen molar-refractivity contribution in [1.82, 2.24) is 19.7 Å². The fraction of sp³-hybridized carbons (Fsp3) is 0.364. The van der Waals surface area contributed by atoms with Crippen molar-refractivity contribution in [2.75, 3.05) is 6.54 Å². The van der Waals surface area contributed by atoms with Gasteiger partial charge in [-0.05, 0) is 55.7 Å². The zero-order valence-corrected chi connectivity index (χ0v) is 16.6. The summed E-state index contributed by atoms with van der Waals surface area (Å²) in [6.45, 7) is 6.93. The molecule has 0 saturated carbocycles. The Balaban J connectivity index is 2.02. The summed E-state index contributed by atoms with van der Waals surface area (Å²) in [5.41, 5.74) is 5.51. The highest BCUT2D eigenvalue weighted by molar-refractivity contribution is 5.94. The topological polar surface area (TPSA) is 51.9 Å². The zero-order chi connectivity index (χ0) is 19.4. The quantitative estimate of drug-likeness (QED) is 0.631. The maximum atomic E-state index is 12.9. The summed E-state index contributed by atoms with van der Waals surface area (Å²) in [5, 5.41) is 7.83. The Morgan fingerprint density at radius 1 is 1.15 bits per heavy atom. The smallest absolute Gasteiger partial charge is 0.270 e. The van der Waals surface area contributed by atoms with Crippen molar-refractivity contribution in [2.45, 2.75) is 40.0 Å². The molecule has 0 atom stereocenters. The number of aryl methyl sites for hydroxylation is 3. The second-order valence-electron chi connectivity index (χ2n) is 7.08. The molecule has 5 heteroatoms. The molecule has 0 fully saturated rings. The van der Waals surface area contributed by atoms with Crippen LogP contribution < -0.4 is 5.32 Å². The molecule has 0 aliphatic heterocycles. The molecule has 0 aliphatic rings. The number of carbonyl (C=O) groups is 1. The van der Waals surface area contributed by atoms with Gasteiger partial charge in [-0.15, -0.1) is 0 Å². The van der Waals surface area contributed by atoms with Crippen LogP contribution in [0.2, 0.25) is 0 Å². The number of carbonyl (C=O) groups excluding carboxylic acids is 1. The molecule has 0 bridgehead atoms. The monoisotopic (exact) mass is 364 g/mol. The highest BCUT2D eigenvalue weighted by atomic mass is 16.2. The first-order chi connectivity index (χ1) is 13.0. The lowest BCUT2D eigenvalue weighted by Gasteiger charge is -2.11. The molecular formula is C22H28N4O. The lowest BCUT2D eigenvalue weighted by atomic mass is 10.1. The van der Waals surface area contributed by atoms with Crippen molar-refractivity contribution in [3.05, 3.63) is 59.4 Å². The van der Waals surface area contributed by atoms with Gasteiger partial charge in [0.1, 0.15) is 11.4 Å². The van der Waals surface area contributed by atoms with E-state index in [9.17, 15) is 4.79 Å². The fourth-order valence-corrected chi connectivity index (χ4v) is 3.19. The van der Waals surface area contributed by atoms with Gasteiger partial charge in [-0.25, -0.2) is 4.68 Å². The zero-order valence-electron chi connectivity index (χ0n) is 16.6. The first-order valence-corrected chi connectivity index (χ1v) is 9.59. The molecule has 0 spiro atoms. The fourth-order valence-electron chi connectivity index (χ4n) is 3.19. The average molecular weight is 364 g/mol. The molecule has 142 valence electrons. The van der Waals surface area contributed by atoms with Gasteiger partial charge < -0.3 is 9.88 Å². The van der Waals surface area contributed by atoms with Gasteiger partial charge in [-0.2, -0.15) is 5.10 Å². The minimum Gasteiger partial charge on any atom is -0.351 e. The first-order valence-electron chi connectivity index (χ1n) is 9.59. The Hall–Kier alpha value is -2.82. The molecule has 1 aromatic carbocycles. The van der Waals surface area contributed by atoms with Crippen LogP contribution in [0.25, 0.3) is 17.1 Å². The van der Waals surface area contributed by atoms with Crippen LogP contribution in [0.5, 0.6) is 0 Å². The van der Waals surface area contributed by atoms with E-state index in [2.05, 4.69) is 37.4 Å². The third-order valence-electron chi connectivity index (χ3n) is 4.81. The van der Waals surface area contributed by atoms with E-state index in [1.807, 2.05) is 42.9 Å².